The molecular formula is C14H16F2O2. The van der Waals surface area contributed by atoms with Crippen molar-refractivity contribution in [2.45, 2.75) is 38.5 Å². The Morgan fingerprint density at radius 3 is 2.28 bits per heavy atom. The maximum Gasteiger partial charge on any atom is 0.309 e. The normalized spacial score (nSPS) is 11.3. The van der Waals surface area contributed by atoms with E-state index in [1.807, 2.05) is 0 Å². The van der Waals surface area contributed by atoms with Crippen molar-refractivity contribution in [1.82, 2.24) is 0 Å². The topological polar surface area (TPSA) is 34.1 Å². The molecule has 1 aromatic carbocycles. The monoisotopic (exact) mass is 254 g/mol. The van der Waals surface area contributed by atoms with Crippen LogP contribution < -0.4 is 0 Å². The van der Waals surface area contributed by atoms with Gasteiger partial charge in [0.25, 0.3) is 0 Å². The van der Waals surface area contributed by atoms with Gasteiger partial charge in [-0.25, -0.2) is 0 Å². The van der Waals surface area contributed by atoms with Gasteiger partial charge in [0.1, 0.15) is 5.78 Å². The lowest BCUT2D eigenvalue weighted by Crippen LogP contribution is -2.28. The van der Waals surface area contributed by atoms with Gasteiger partial charge in [-0.3, -0.25) is 4.79 Å². The van der Waals surface area contributed by atoms with Crippen LogP contribution >= 0.6 is 0 Å². The SMILES string of the molecule is CC(=O)CCCCC(F)(F)C(=O)c1ccccc1. The fourth-order valence-corrected chi connectivity index (χ4v) is 1.64. The summed E-state index contributed by atoms with van der Waals surface area (Å²) in [5.74, 6) is -4.52. The first-order valence-corrected chi connectivity index (χ1v) is 5.90. The van der Waals surface area contributed by atoms with Crippen molar-refractivity contribution >= 4 is 11.6 Å². The molecule has 0 aliphatic rings. The van der Waals surface area contributed by atoms with Crippen LogP contribution in [0.4, 0.5) is 8.78 Å². The summed E-state index contributed by atoms with van der Waals surface area (Å²) in [5.41, 5.74) is 0.0223. The van der Waals surface area contributed by atoms with Crippen molar-refractivity contribution < 1.29 is 18.4 Å². The van der Waals surface area contributed by atoms with E-state index in [9.17, 15) is 18.4 Å². The molecule has 0 aliphatic heterocycles. The molecule has 0 aliphatic carbocycles. The molecule has 2 nitrogen and oxygen atoms in total. The molecule has 18 heavy (non-hydrogen) atoms. The van der Waals surface area contributed by atoms with Crippen LogP contribution in [0.25, 0.3) is 0 Å². The largest absolute Gasteiger partial charge is 0.309 e. The minimum Gasteiger partial charge on any atom is -0.300 e. The van der Waals surface area contributed by atoms with Gasteiger partial charge in [-0.05, 0) is 19.8 Å². The van der Waals surface area contributed by atoms with Crippen LogP contribution in [0.1, 0.15) is 43.0 Å². The average molecular weight is 254 g/mol. The van der Waals surface area contributed by atoms with E-state index in [-0.39, 0.29) is 24.2 Å². The standard InChI is InChI=1S/C14H16F2O2/c1-11(17)7-5-6-10-14(15,16)13(18)12-8-3-2-4-9-12/h2-4,8-9H,5-7,10H2,1H3. The van der Waals surface area contributed by atoms with E-state index in [1.165, 1.54) is 19.1 Å². The van der Waals surface area contributed by atoms with Gasteiger partial charge in [-0.2, -0.15) is 8.78 Å². The number of rotatable bonds is 7. The van der Waals surface area contributed by atoms with Gasteiger partial charge >= 0.3 is 5.92 Å². The third-order valence-electron chi connectivity index (χ3n) is 2.64. The molecule has 0 bridgehead atoms. The Morgan fingerprint density at radius 2 is 1.72 bits per heavy atom. The molecule has 98 valence electrons. The number of alkyl halides is 2. The number of halogens is 2. The van der Waals surface area contributed by atoms with Gasteiger partial charge in [-0.15, -0.1) is 0 Å². The zero-order valence-corrected chi connectivity index (χ0v) is 10.3. The maximum atomic E-state index is 13.6. The molecule has 0 radical (unpaired) electrons. The number of benzene rings is 1. The predicted octanol–water partition coefficient (Wildman–Crippen LogP) is 3.65. The lowest BCUT2D eigenvalue weighted by atomic mass is 10.00. The highest BCUT2D eigenvalue weighted by atomic mass is 19.3. The van der Waals surface area contributed by atoms with Crippen molar-refractivity contribution in [2.24, 2.45) is 0 Å². The molecule has 1 rings (SSSR count). The first-order valence-electron chi connectivity index (χ1n) is 5.90. The number of carbonyl (C=O) groups excluding carboxylic acids is 2. The van der Waals surface area contributed by atoms with Crippen molar-refractivity contribution in [2.75, 3.05) is 0 Å². The quantitative estimate of drug-likeness (QED) is 0.549. The lowest BCUT2D eigenvalue weighted by molar-refractivity contribution is -0.117. The number of carbonyl (C=O) groups is 2. The Bertz CT molecular complexity index is 413. The van der Waals surface area contributed by atoms with Crippen molar-refractivity contribution in [1.29, 1.82) is 0 Å². The Balaban J connectivity index is 2.53. The summed E-state index contributed by atoms with van der Waals surface area (Å²) in [6.45, 7) is 1.42. The van der Waals surface area contributed by atoms with Gasteiger partial charge in [0.15, 0.2) is 0 Å². The highest BCUT2D eigenvalue weighted by molar-refractivity contribution is 6.01. The first-order chi connectivity index (χ1) is 8.43. The molecule has 0 N–H and O–H groups in total. The molecule has 0 saturated carbocycles. The number of unbranched alkanes of at least 4 members (excludes halogenated alkanes) is 1. The summed E-state index contributed by atoms with van der Waals surface area (Å²) in [6.07, 6.45) is 0.349. The van der Waals surface area contributed by atoms with Gasteiger partial charge in [0, 0.05) is 18.4 Å². The van der Waals surface area contributed by atoms with Crippen LogP contribution in [0.15, 0.2) is 30.3 Å². The first kappa shape index (κ1) is 14.5. The lowest BCUT2D eigenvalue weighted by Gasteiger charge is -2.14. The zero-order valence-electron chi connectivity index (χ0n) is 10.3. The van der Waals surface area contributed by atoms with E-state index < -0.39 is 18.1 Å². The van der Waals surface area contributed by atoms with E-state index in [4.69, 9.17) is 0 Å². The highest BCUT2D eigenvalue weighted by Crippen LogP contribution is 2.26. The van der Waals surface area contributed by atoms with Crippen LogP contribution in [0.3, 0.4) is 0 Å². The van der Waals surface area contributed by atoms with Gasteiger partial charge in [0.2, 0.25) is 5.78 Å². The molecule has 0 unspecified atom stereocenters. The minimum atomic E-state index is -3.35. The smallest absolute Gasteiger partial charge is 0.300 e. The number of Topliss-reactive ketones (excluding diaryl/α,β-unsaturated/α-hetero) is 2. The van der Waals surface area contributed by atoms with Crippen molar-refractivity contribution in [3.8, 4) is 0 Å². The van der Waals surface area contributed by atoms with Gasteiger partial charge in [0.05, 0.1) is 0 Å². The zero-order chi connectivity index (χ0) is 13.6. The Morgan fingerprint density at radius 1 is 1.11 bits per heavy atom. The second-order valence-electron chi connectivity index (χ2n) is 4.31. The summed E-state index contributed by atoms with van der Waals surface area (Å²) in [7, 11) is 0. The molecule has 4 heteroatoms. The van der Waals surface area contributed by atoms with Crippen molar-refractivity contribution in [3.63, 3.8) is 0 Å². The highest BCUT2D eigenvalue weighted by Gasteiger charge is 2.38. The summed E-state index contributed by atoms with van der Waals surface area (Å²) in [6, 6.07) is 7.54. The number of hydrogen-bond acceptors (Lipinski definition) is 2. The third kappa shape index (κ3) is 4.35. The van der Waals surface area contributed by atoms with E-state index >= 15 is 0 Å². The van der Waals surface area contributed by atoms with E-state index in [0.29, 0.717) is 6.42 Å². The summed E-state index contributed by atoms with van der Waals surface area (Å²) >= 11 is 0. The molecule has 0 heterocycles. The average Bonchev–Trinajstić information content (AvgIpc) is 2.34. The van der Waals surface area contributed by atoms with Crippen molar-refractivity contribution in [3.05, 3.63) is 35.9 Å². The molecule has 0 atom stereocenters. The van der Waals surface area contributed by atoms with Crippen LogP contribution in [-0.2, 0) is 4.79 Å². The molecule has 0 aromatic heterocycles. The summed E-state index contributed by atoms with van der Waals surface area (Å²) in [5, 5.41) is 0. The van der Waals surface area contributed by atoms with Crippen LogP contribution in [0.5, 0.6) is 0 Å². The fourth-order valence-electron chi connectivity index (χ4n) is 1.64. The fraction of sp³-hybridized carbons (Fsp3) is 0.429. The molecule has 0 saturated heterocycles. The Labute approximate surface area is 105 Å². The number of hydrogen-bond donors (Lipinski definition) is 0. The van der Waals surface area contributed by atoms with Crippen LogP contribution in [-0.4, -0.2) is 17.5 Å². The van der Waals surface area contributed by atoms with Gasteiger partial charge in [-0.1, -0.05) is 30.3 Å². The summed E-state index contributed by atoms with van der Waals surface area (Å²) in [4.78, 5) is 22.2. The third-order valence-corrected chi connectivity index (χ3v) is 2.64. The van der Waals surface area contributed by atoms with Gasteiger partial charge < -0.3 is 4.79 Å². The second kappa shape index (κ2) is 6.38. The Kier molecular flexibility index (Phi) is 5.13. The Hall–Kier alpha value is -1.58. The summed E-state index contributed by atoms with van der Waals surface area (Å²) < 4.78 is 27.2. The van der Waals surface area contributed by atoms with Crippen LogP contribution in [0, 0.1) is 0 Å². The maximum absolute atomic E-state index is 13.6. The second-order valence-corrected chi connectivity index (χ2v) is 4.31. The van der Waals surface area contributed by atoms with E-state index in [2.05, 4.69) is 0 Å². The minimum absolute atomic E-state index is 0.0206. The molecule has 0 fully saturated rings. The molecule has 0 spiro atoms. The molecular weight excluding hydrogens is 238 g/mol. The predicted molar refractivity (Wildman–Crippen MR) is 64.9 cm³/mol. The number of ketones is 2. The van der Waals surface area contributed by atoms with Crippen LogP contribution in [0.2, 0.25) is 0 Å². The molecule has 0 amide bonds. The van der Waals surface area contributed by atoms with E-state index in [1.54, 1.807) is 18.2 Å². The van der Waals surface area contributed by atoms with E-state index in [0.717, 1.165) is 0 Å². The molecule has 1 aromatic rings.